The van der Waals surface area contributed by atoms with Crippen molar-refractivity contribution in [3.63, 3.8) is 0 Å². The number of esters is 1. The molecule has 8 nitrogen and oxygen atoms in total. The molecular formula is C20H21N3O5S2. The average Bonchev–Trinajstić information content (AvgIpc) is 3.10. The Morgan fingerprint density at radius 2 is 1.67 bits per heavy atom. The van der Waals surface area contributed by atoms with E-state index in [0.29, 0.717) is 16.7 Å². The Morgan fingerprint density at radius 1 is 1.00 bits per heavy atom. The Labute approximate surface area is 179 Å². The van der Waals surface area contributed by atoms with E-state index in [0.717, 1.165) is 11.8 Å². The van der Waals surface area contributed by atoms with Gasteiger partial charge in [-0.25, -0.2) is 8.42 Å². The molecule has 10 heteroatoms. The molecular weight excluding hydrogens is 426 g/mol. The van der Waals surface area contributed by atoms with Crippen molar-refractivity contribution in [1.82, 2.24) is 14.8 Å². The van der Waals surface area contributed by atoms with E-state index in [4.69, 9.17) is 9.47 Å². The maximum Gasteiger partial charge on any atom is 0.316 e. The summed E-state index contributed by atoms with van der Waals surface area (Å²) < 4.78 is 37.2. The van der Waals surface area contributed by atoms with E-state index in [1.54, 1.807) is 41.9 Å². The van der Waals surface area contributed by atoms with Gasteiger partial charge in [0.2, 0.25) is 0 Å². The number of hydrogen-bond acceptors (Lipinski definition) is 8. The van der Waals surface area contributed by atoms with Crippen LogP contribution in [0.3, 0.4) is 0 Å². The van der Waals surface area contributed by atoms with Gasteiger partial charge < -0.3 is 14.0 Å². The van der Waals surface area contributed by atoms with Gasteiger partial charge in [0, 0.05) is 7.05 Å². The smallest absolute Gasteiger partial charge is 0.316 e. The number of carbonyl (C=O) groups is 1. The molecule has 1 aromatic heterocycles. The van der Waals surface area contributed by atoms with Crippen molar-refractivity contribution in [1.29, 1.82) is 0 Å². The van der Waals surface area contributed by atoms with Gasteiger partial charge in [-0.15, -0.1) is 10.2 Å². The van der Waals surface area contributed by atoms with Crippen molar-refractivity contribution < 1.29 is 22.7 Å². The molecule has 1 heterocycles. The number of hydrogen-bond donors (Lipinski definition) is 0. The minimum Gasteiger partial charge on any atom is -0.490 e. The summed E-state index contributed by atoms with van der Waals surface area (Å²) in [6.07, 6.45) is 0. The molecule has 0 aliphatic rings. The summed E-state index contributed by atoms with van der Waals surface area (Å²) in [7, 11) is -1.87. The average molecular weight is 448 g/mol. The van der Waals surface area contributed by atoms with Crippen molar-refractivity contribution in [2.45, 2.75) is 15.8 Å². The fraction of sp³-hybridized carbons (Fsp3) is 0.250. The van der Waals surface area contributed by atoms with Gasteiger partial charge in [0.25, 0.3) is 0 Å². The SMILES string of the molecule is Cn1c(CS(=O)(=O)c2ccccc2)nnc1SCC(=O)OCCOc1ccccc1. The van der Waals surface area contributed by atoms with Gasteiger partial charge in [-0.2, -0.15) is 0 Å². The van der Waals surface area contributed by atoms with Crippen LogP contribution in [-0.4, -0.2) is 48.1 Å². The monoisotopic (exact) mass is 447 g/mol. The number of benzene rings is 2. The number of sulfone groups is 1. The van der Waals surface area contributed by atoms with Gasteiger partial charge in [-0.3, -0.25) is 4.79 Å². The van der Waals surface area contributed by atoms with E-state index >= 15 is 0 Å². The maximum atomic E-state index is 12.5. The third kappa shape index (κ3) is 6.07. The summed E-state index contributed by atoms with van der Waals surface area (Å²) in [6.45, 7) is 0.388. The molecule has 0 aliphatic heterocycles. The largest absolute Gasteiger partial charge is 0.490 e. The van der Waals surface area contributed by atoms with Crippen LogP contribution in [0.2, 0.25) is 0 Å². The van der Waals surface area contributed by atoms with Gasteiger partial charge in [0.05, 0.1) is 10.6 Å². The van der Waals surface area contributed by atoms with Crippen LogP contribution >= 0.6 is 11.8 Å². The Balaban J connectivity index is 1.46. The number of nitrogens with zero attached hydrogens (tertiary/aromatic N) is 3. The van der Waals surface area contributed by atoms with Crippen LogP contribution in [0.25, 0.3) is 0 Å². The van der Waals surface area contributed by atoms with E-state index in [2.05, 4.69) is 10.2 Å². The number of thioether (sulfide) groups is 1. The molecule has 0 saturated heterocycles. The number of carbonyl (C=O) groups excluding carboxylic acids is 1. The predicted molar refractivity (Wildman–Crippen MR) is 112 cm³/mol. The first kappa shape index (κ1) is 21.8. The van der Waals surface area contributed by atoms with E-state index in [9.17, 15) is 13.2 Å². The molecule has 2 aromatic carbocycles. The zero-order valence-electron chi connectivity index (χ0n) is 16.3. The molecule has 0 fully saturated rings. The fourth-order valence-corrected chi connectivity index (χ4v) is 4.53. The van der Waals surface area contributed by atoms with Gasteiger partial charge in [-0.1, -0.05) is 48.2 Å². The zero-order chi connectivity index (χ0) is 21.4. The van der Waals surface area contributed by atoms with Crippen LogP contribution in [-0.2, 0) is 32.2 Å². The molecule has 0 bridgehead atoms. The lowest BCUT2D eigenvalue weighted by Crippen LogP contribution is -2.14. The Morgan fingerprint density at radius 3 is 2.37 bits per heavy atom. The normalized spacial score (nSPS) is 11.2. The number of ether oxygens (including phenoxy) is 2. The van der Waals surface area contributed by atoms with Crippen LogP contribution in [0.1, 0.15) is 5.82 Å². The number of aromatic nitrogens is 3. The van der Waals surface area contributed by atoms with Crippen molar-refractivity contribution in [3.8, 4) is 5.75 Å². The molecule has 0 radical (unpaired) electrons. The molecule has 30 heavy (non-hydrogen) atoms. The van der Waals surface area contributed by atoms with Gasteiger partial charge in [-0.05, 0) is 24.3 Å². The maximum absolute atomic E-state index is 12.5. The molecule has 3 aromatic rings. The minimum absolute atomic E-state index is 0.0305. The first-order valence-electron chi connectivity index (χ1n) is 9.08. The highest BCUT2D eigenvalue weighted by Crippen LogP contribution is 2.19. The van der Waals surface area contributed by atoms with Crippen molar-refractivity contribution >= 4 is 27.6 Å². The molecule has 0 spiro atoms. The Bertz CT molecular complexity index is 1070. The molecule has 0 amide bonds. The molecule has 0 atom stereocenters. The van der Waals surface area contributed by atoms with E-state index < -0.39 is 15.8 Å². The first-order valence-corrected chi connectivity index (χ1v) is 11.7. The minimum atomic E-state index is -3.53. The third-order valence-electron chi connectivity index (χ3n) is 4.02. The second-order valence-corrected chi connectivity index (χ2v) is 9.13. The van der Waals surface area contributed by atoms with Crippen molar-refractivity contribution in [2.24, 2.45) is 7.05 Å². The lowest BCUT2D eigenvalue weighted by atomic mass is 10.3. The molecule has 0 unspecified atom stereocenters. The zero-order valence-corrected chi connectivity index (χ0v) is 17.9. The van der Waals surface area contributed by atoms with Crippen LogP contribution in [0.5, 0.6) is 5.75 Å². The standard InChI is InChI=1S/C20H21N3O5S2/c1-23-18(15-30(25,26)17-10-6-3-7-11-17)21-22-20(23)29-14-19(24)28-13-12-27-16-8-4-2-5-9-16/h2-11H,12-15H2,1H3. The molecule has 0 saturated carbocycles. The van der Waals surface area contributed by atoms with Gasteiger partial charge in [0.1, 0.15) is 30.5 Å². The molecule has 0 N–H and O–H groups in total. The summed E-state index contributed by atoms with van der Waals surface area (Å²) in [5.74, 6) is 0.342. The van der Waals surface area contributed by atoms with E-state index in [-0.39, 0.29) is 29.6 Å². The number of rotatable bonds is 10. The Kier molecular flexibility index (Phi) is 7.47. The second-order valence-electron chi connectivity index (χ2n) is 6.20. The van der Waals surface area contributed by atoms with Gasteiger partial charge in [0.15, 0.2) is 15.0 Å². The molecule has 158 valence electrons. The predicted octanol–water partition coefficient (Wildman–Crippen LogP) is 2.50. The van der Waals surface area contributed by atoms with Crippen molar-refractivity contribution in [2.75, 3.05) is 19.0 Å². The molecule has 3 rings (SSSR count). The van der Waals surface area contributed by atoms with Crippen LogP contribution < -0.4 is 4.74 Å². The summed E-state index contributed by atoms with van der Waals surface area (Å²) in [6, 6.07) is 17.4. The third-order valence-corrected chi connectivity index (χ3v) is 6.65. The number of para-hydroxylation sites is 1. The summed E-state index contributed by atoms with van der Waals surface area (Å²) in [5, 5.41) is 8.37. The lowest BCUT2D eigenvalue weighted by molar-refractivity contribution is -0.141. The summed E-state index contributed by atoms with van der Waals surface area (Å²) in [4.78, 5) is 12.1. The highest BCUT2D eigenvalue weighted by molar-refractivity contribution is 7.99. The second kappa shape index (κ2) is 10.3. The van der Waals surface area contributed by atoms with Crippen LogP contribution in [0.15, 0.2) is 70.7 Å². The van der Waals surface area contributed by atoms with Gasteiger partial charge >= 0.3 is 5.97 Å². The summed E-state index contributed by atoms with van der Waals surface area (Å²) >= 11 is 1.13. The lowest BCUT2D eigenvalue weighted by Gasteiger charge is -2.07. The Hall–Kier alpha value is -2.85. The van der Waals surface area contributed by atoms with Crippen LogP contribution in [0, 0.1) is 0 Å². The van der Waals surface area contributed by atoms with E-state index in [1.165, 1.54) is 0 Å². The topological polar surface area (TPSA) is 100 Å². The fourth-order valence-electron chi connectivity index (χ4n) is 2.47. The quantitative estimate of drug-likeness (QED) is 0.265. The summed E-state index contributed by atoms with van der Waals surface area (Å²) in [5.41, 5.74) is 0. The van der Waals surface area contributed by atoms with Crippen LogP contribution in [0.4, 0.5) is 0 Å². The van der Waals surface area contributed by atoms with E-state index in [1.807, 2.05) is 30.3 Å². The van der Waals surface area contributed by atoms with Crippen molar-refractivity contribution in [3.05, 3.63) is 66.5 Å². The highest BCUT2D eigenvalue weighted by Gasteiger charge is 2.20. The molecule has 0 aliphatic carbocycles. The first-order chi connectivity index (χ1) is 14.5. The highest BCUT2D eigenvalue weighted by atomic mass is 32.2.